The topological polar surface area (TPSA) is 104 Å². The zero-order valence-corrected chi connectivity index (χ0v) is 11.5. The SMILES string of the molecule is CC1=NNC(NNC(=O)c2noc(C)n2)c2ccccc21. The van der Waals surface area contributed by atoms with Crippen molar-refractivity contribution in [2.75, 3.05) is 0 Å². The summed E-state index contributed by atoms with van der Waals surface area (Å²) in [5, 5.41) is 7.76. The molecule has 1 amide bonds. The first-order chi connectivity index (χ1) is 10.1. The molecule has 0 saturated carbocycles. The van der Waals surface area contributed by atoms with Gasteiger partial charge in [0.05, 0.1) is 5.71 Å². The molecule has 0 spiro atoms. The van der Waals surface area contributed by atoms with E-state index >= 15 is 0 Å². The van der Waals surface area contributed by atoms with E-state index in [4.69, 9.17) is 4.52 Å². The first-order valence-corrected chi connectivity index (χ1v) is 6.40. The second-order valence-corrected chi connectivity index (χ2v) is 4.58. The number of rotatable bonds is 3. The van der Waals surface area contributed by atoms with Gasteiger partial charge < -0.3 is 4.52 Å². The smallest absolute Gasteiger partial charge is 0.306 e. The number of carbonyl (C=O) groups is 1. The van der Waals surface area contributed by atoms with E-state index in [0.29, 0.717) is 5.89 Å². The van der Waals surface area contributed by atoms with E-state index in [1.54, 1.807) is 6.92 Å². The highest BCUT2D eigenvalue weighted by Gasteiger charge is 2.21. The van der Waals surface area contributed by atoms with Gasteiger partial charge in [-0.3, -0.25) is 15.6 Å². The number of aryl methyl sites for hydroxylation is 1. The molecule has 0 radical (unpaired) electrons. The number of amides is 1. The second kappa shape index (κ2) is 5.33. The summed E-state index contributed by atoms with van der Waals surface area (Å²) in [6, 6.07) is 7.82. The Morgan fingerprint density at radius 1 is 1.33 bits per heavy atom. The van der Waals surface area contributed by atoms with Crippen LogP contribution in [0.1, 0.15) is 40.7 Å². The van der Waals surface area contributed by atoms with Crippen molar-refractivity contribution >= 4 is 11.6 Å². The van der Waals surface area contributed by atoms with Gasteiger partial charge in [-0.1, -0.05) is 29.4 Å². The molecular weight excluding hydrogens is 272 g/mol. The largest absolute Gasteiger partial charge is 0.339 e. The molecule has 21 heavy (non-hydrogen) atoms. The standard InChI is InChI=1S/C13H14N6O2/c1-7-9-5-3-4-6-10(9)11(16-15-7)17-18-13(20)12-14-8(2)21-19-12/h3-6,11,16-17H,1-2H3,(H,18,20). The summed E-state index contributed by atoms with van der Waals surface area (Å²) in [5.41, 5.74) is 11.2. The minimum atomic E-state index is -0.475. The van der Waals surface area contributed by atoms with Gasteiger partial charge in [-0.2, -0.15) is 10.1 Å². The molecule has 0 saturated heterocycles. The monoisotopic (exact) mass is 286 g/mol. The molecule has 3 N–H and O–H groups in total. The minimum absolute atomic E-state index is 0.0243. The molecule has 0 aliphatic carbocycles. The van der Waals surface area contributed by atoms with Crippen LogP contribution in [0.25, 0.3) is 0 Å². The van der Waals surface area contributed by atoms with Crippen molar-refractivity contribution in [3.8, 4) is 0 Å². The van der Waals surface area contributed by atoms with Gasteiger partial charge in [0, 0.05) is 18.1 Å². The van der Waals surface area contributed by atoms with E-state index in [9.17, 15) is 4.79 Å². The fraction of sp³-hybridized carbons (Fsp3) is 0.231. The zero-order valence-electron chi connectivity index (χ0n) is 11.5. The van der Waals surface area contributed by atoms with E-state index in [1.165, 1.54) is 0 Å². The van der Waals surface area contributed by atoms with Gasteiger partial charge in [-0.15, -0.1) is 0 Å². The molecule has 0 fully saturated rings. The fourth-order valence-electron chi connectivity index (χ4n) is 2.06. The summed E-state index contributed by atoms with van der Waals surface area (Å²) in [5.74, 6) is -0.164. The highest BCUT2D eigenvalue weighted by atomic mass is 16.5. The predicted molar refractivity (Wildman–Crippen MR) is 74.2 cm³/mol. The van der Waals surface area contributed by atoms with Crippen LogP contribution in [0.4, 0.5) is 0 Å². The highest BCUT2D eigenvalue weighted by molar-refractivity contribution is 6.00. The van der Waals surface area contributed by atoms with Crippen LogP contribution >= 0.6 is 0 Å². The number of hydrazone groups is 1. The molecule has 8 heteroatoms. The number of hydrogen-bond acceptors (Lipinski definition) is 7. The first kappa shape index (κ1) is 13.3. The molecule has 1 aliphatic heterocycles. The Morgan fingerprint density at radius 2 is 2.14 bits per heavy atom. The van der Waals surface area contributed by atoms with Gasteiger partial charge in [0.1, 0.15) is 6.17 Å². The lowest BCUT2D eigenvalue weighted by Gasteiger charge is -2.25. The zero-order chi connectivity index (χ0) is 14.8. The van der Waals surface area contributed by atoms with Gasteiger partial charge in [-0.05, 0) is 6.92 Å². The molecule has 108 valence electrons. The predicted octanol–water partition coefficient (Wildman–Crippen LogP) is 0.638. The Balaban J connectivity index is 1.71. The van der Waals surface area contributed by atoms with E-state index in [1.807, 2.05) is 31.2 Å². The lowest BCUT2D eigenvalue weighted by Crippen LogP contribution is -2.46. The Morgan fingerprint density at radius 3 is 2.90 bits per heavy atom. The summed E-state index contributed by atoms with van der Waals surface area (Å²) in [6.07, 6.45) is -0.332. The van der Waals surface area contributed by atoms with Crippen molar-refractivity contribution in [2.24, 2.45) is 5.10 Å². The maximum atomic E-state index is 11.9. The summed E-state index contributed by atoms with van der Waals surface area (Å²) >= 11 is 0. The van der Waals surface area contributed by atoms with Gasteiger partial charge in [-0.25, -0.2) is 5.43 Å². The second-order valence-electron chi connectivity index (χ2n) is 4.58. The van der Waals surface area contributed by atoms with E-state index in [-0.39, 0.29) is 12.0 Å². The van der Waals surface area contributed by atoms with E-state index in [2.05, 4.69) is 31.5 Å². The lowest BCUT2D eigenvalue weighted by atomic mass is 10.0. The third-order valence-electron chi connectivity index (χ3n) is 3.08. The van der Waals surface area contributed by atoms with Crippen LogP contribution in [0.15, 0.2) is 33.9 Å². The summed E-state index contributed by atoms with van der Waals surface area (Å²) in [7, 11) is 0. The molecule has 1 atom stereocenters. The molecule has 2 aromatic rings. The van der Waals surface area contributed by atoms with Crippen molar-refractivity contribution in [2.45, 2.75) is 20.0 Å². The lowest BCUT2D eigenvalue weighted by molar-refractivity contribution is 0.0907. The fourth-order valence-corrected chi connectivity index (χ4v) is 2.06. The van der Waals surface area contributed by atoms with Gasteiger partial charge >= 0.3 is 5.91 Å². The molecule has 3 rings (SSSR count). The quantitative estimate of drug-likeness (QED) is 0.715. The Hall–Kier alpha value is -2.74. The molecular formula is C13H14N6O2. The maximum absolute atomic E-state index is 11.9. The van der Waals surface area contributed by atoms with E-state index < -0.39 is 5.91 Å². The van der Waals surface area contributed by atoms with Gasteiger partial charge in [0.2, 0.25) is 5.89 Å². The number of aromatic nitrogens is 2. The van der Waals surface area contributed by atoms with Crippen LogP contribution in [0.5, 0.6) is 0 Å². The molecule has 8 nitrogen and oxygen atoms in total. The summed E-state index contributed by atoms with van der Waals surface area (Å²) in [4.78, 5) is 15.7. The third-order valence-corrected chi connectivity index (χ3v) is 3.08. The van der Waals surface area contributed by atoms with Crippen LogP contribution in [0.2, 0.25) is 0 Å². The van der Waals surface area contributed by atoms with Crippen LogP contribution in [-0.2, 0) is 0 Å². The minimum Gasteiger partial charge on any atom is -0.339 e. The number of hydrazine groups is 1. The Labute approximate surface area is 120 Å². The van der Waals surface area contributed by atoms with Crippen LogP contribution in [0.3, 0.4) is 0 Å². The average molecular weight is 286 g/mol. The van der Waals surface area contributed by atoms with Gasteiger partial charge in [0.25, 0.3) is 5.82 Å². The first-order valence-electron chi connectivity index (χ1n) is 6.40. The normalized spacial score (nSPS) is 16.7. The summed E-state index contributed by atoms with van der Waals surface area (Å²) in [6.45, 7) is 3.54. The van der Waals surface area contributed by atoms with Crippen molar-refractivity contribution in [1.29, 1.82) is 0 Å². The molecule has 1 unspecified atom stereocenters. The van der Waals surface area contributed by atoms with E-state index in [0.717, 1.165) is 16.8 Å². The molecule has 2 heterocycles. The number of nitrogens with zero attached hydrogens (tertiary/aromatic N) is 3. The number of carbonyl (C=O) groups excluding carboxylic acids is 1. The van der Waals surface area contributed by atoms with Crippen LogP contribution in [0, 0.1) is 6.92 Å². The number of hydrogen-bond donors (Lipinski definition) is 3. The van der Waals surface area contributed by atoms with Crippen LogP contribution < -0.4 is 16.3 Å². The molecule has 1 aliphatic rings. The molecule has 1 aromatic heterocycles. The highest BCUT2D eigenvalue weighted by Crippen LogP contribution is 2.20. The van der Waals surface area contributed by atoms with Crippen molar-refractivity contribution in [3.63, 3.8) is 0 Å². The van der Waals surface area contributed by atoms with Gasteiger partial charge in [0.15, 0.2) is 0 Å². The average Bonchev–Trinajstić information content (AvgIpc) is 2.93. The number of benzene rings is 1. The Bertz CT molecular complexity index is 708. The van der Waals surface area contributed by atoms with Crippen molar-refractivity contribution in [3.05, 3.63) is 47.1 Å². The number of fused-ring (bicyclic) bond motifs is 1. The molecule has 1 aromatic carbocycles. The van der Waals surface area contributed by atoms with Crippen molar-refractivity contribution < 1.29 is 9.32 Å². The molecule has 0 bridgehead atoms. The number of nitrogens with one attached hydrogen (secondary N) is 3. The van der Waals surface area contributed by atoms with Crippen LogP contribution in [-0.4, -0.2) is 21.8 Å². The Kier molecular flexibility index (Phi) is 3.36. The maximum Gasteiger partial charge on any atom is 0.306 e. The van der Waals surface area contributed by atoms with Crippen molar-refractivity contribution in [1.82, 2.24) is 26.4 Å². The third kappa shape index (κ3) is 2.61. The summed E-state index contributed by atoms with van der Waals surface area (Å²) < 4.78 is 4.76.